The number of aryl methyl sites for hydroxylation is 2. The molecule has 0 aliphatic carbocycles. The third-order valence-electron chi connectivity index (χ3n) is 3.46. The van der Waals surface area contributed by atoms with Gasteiger partial charge in [0.05, 0.1) is 6.21 Å². The molecule has 0 saturated heterocycles. The van der Waals surface area contributed by atoms with E-state index >= 15 is 0 Å². The number of aromatic nitrogens is 3. The molecule has 1 aromatic heterocycles. The summed E-state index contributed by atoms with van der Waals surface area (Å²) in [5.74, 6) is 0.704. The summed E-state index contributed by atoms with van der Waals surface area (Å²) >= 11 is 5.28. The Balaban J connectivity index is 2.01. The summed E-state index contributed by atoms with van der Waals surface area (Å²) < 4.78 is 2.12. The lowest BCUT2D eigenvalue weighted by molar-refractivity contribution is 0.871. The Bertz CT molecular complexity index is 872. The number of benzene rings is 2. The van der Waals surface area contributed by atoms with Crippen LogP contribution < -0.4 is 0 Å². The number of hydrogen-bond donors (Lipinski definition) is 1. The van der Waals surface area contributed by atoms with Crippen molar-refractivity contribution in [3.8, 4) is 11.4 Å². The maximum Gasteiger partial charge on any atom is 0.216 e. The van der Waals surface area contributed by atoms with Gasteiger partial charge in [0.25, 0.3) is 0 Å². The molecule has 2 aromatic carbocycles. The summed E-state index contributed by atoms with van der Waals surface area (Å²) in [4.78, 5) is 0. The van der Waals surface area contributed by atoms with Crippen molar-refractivity contribution in [3.05, 3.63) is 70.0 Å². The maximum atomic E-state index is 5.28. The highest BCUT2D eigenvalue weighted by Gasteiger charge is 2.07. The Morgan fingerprint density at radius 1 is 1.09 bits per heavy atom. The fourth-order valence-corrected chi connectivity index (χ4v) is 2.32. The van der Waals surface area contributed by atoms with Crippen molar-refractivity contribution in [2.75, 3.05) is 0 Å². The predicted molar refractivity (Wildman–Crippen MR) is 91.8 cm³/mol. The van der Waals surface area contributed by atoms with Crippen LogP contribution in [-0.2, 0) is 0 Å². The van der Waals surface area contributed by atoms with Crippen molar-refractivity contribution in [2.24, 2.45) is 5.10 Å². The monoisotopic (exact) mass is 308 g/mol. The Hall–Kier alpha value is -2.53. The smallest absolute Gasteiger partial charge is 0.216 e. The van der Waals surface area contributed by atoms with Crippen molar-refractivity contribution >= 4 is 18.4 Å². The summed E-state index contributed by atoms with van der Waals surface area (Å²) in [5, 5.41) is 11.6. The van der Waals surface area contributed by atoms with E-state index in [1.54, 1.807) is 10.9 Å². The van der Waals surface area contributed by atoms with Gasteiger partial charge in [-0.3, -0.25) is 0 Å². The lowest BCUT2D eigenvalue weighted by Gasteiger charge is -2.02. The molecule has 1 N–H and O–H groups in total. The van der Waals surface area contributed by atoms with E-state index in [0.717, 1.165) is 16.7 Å². The first kappa shape index (κ1) is 14.4. The SMILES string of the molecule is Cc1ccc(-c2n[nH]c(=S)n2/N=C\c2ccccc2C)cc1. The third-order valence-corrected chi connectivity index (χ3v) is 3.73. The topological polar surface area (TPSA) is 46.0 Å². The van der Waals surface area contributed by atoms with Crippen molar-refractivity contribution in [2.45, 2.75) is 13.8 Å². The van der Waals surface area contributed by atoms with Crippen LogP contribution in [-0.4, -0.2) is 21.1 Å². The van der Waals surface area contributed by atoms with Gasteiger partial charge in [-0.1, -0.05) is 54.1 Å². The van der Waals surface area contributed by atoms with Gasteiger partial charge in [-0.15, -0.1) is 0 Å². The molecule has 4 nitrogen and oxygen atoms in total. The summed E-state index contributed by atoms with van der Waals surface area (Å²) in [6.45, 7) is 4.11. The fraction of sp³-hybridized carbons (Fsp3) is 0.118. The number of rotatable bonds is 3. The molecule has 5 heteroatoms. The molecule has 3 aromatic rings. The van der Waals surface area contributed by atoms with E-state index in [1.807, 2.05) is 42.5 Å². The maximum absolute atomic E-state index is 5.28. The molecule has 110 valence electrons. The average Bonchev–Trinajstić information content (AvgIpc) is 2.88. The summed E-state index contributed by atoms with van der Waals surface area (Å²) in [5.41, 5.74) is 4.39. The van der Waals surface area contributed by atoms with E-state index in [9.17, 15) is 0 Å². The number of nitrogens with one attached hydrogen (secondary N) is 1. The molecule has 0 unspecified atom stereocenters. The van der Waals surface area contributed by atoms with Gasteiger partial charge in [-0.2, -0.15) is 14.9 Å². The van der Waals surface area contributed by atoms with Crippen LogP contribution in [0.1, 0.15) is 16.7 Å². The second-order valence-corrected chi connectivity index (χ2v) is 5.52. The molecule has 0 bridgehead atoms. The van der Waals surface area contributed by atoms with E-state index in [0.29, 0.717) is 10.6 Å². The van der Waals surface area contributed by atoms with Crippen LogP contribution in [0, 0.1) is 18.6 Å². The van der Waals surface area contributed by atoms with E-state index in [-0.39, 0.29) is 0 Å². The van der Waals surface area contributed by atoms with Crippen molar-refractivity contribution in [3.63, 3.8) is 0 Å². The molecule has 0 radical (unpaired) electrons. The lowest BCUT2D eigenvalue weighted by atomic mass is 10.1. The summed E-state index contributed by atoms with van der Waals surface area (Å²) in [7, 11) is 0. The molecule has 22 heavy (non-hydrogen) atoms. The number of hydrogen-bond acceptors (Lipinski definition) is 3. The molecule has 1 heterocycles. The van der Waals surface area contributed by atoms with E-state index in [2.05, 4.69) is 35.2 Å². The first-order valence-electron chi connectivity index (χ1n) is 6.99. The lowest BCUT2D eigenvalue weighted by Crippen LogP contribution is -1.96. The van der Waals surface area contributed by atoms with Crippen LogP contribution in [0.4, 0.5) is 0 Å². The Morgan fingerprint density at radius 3 is 2.55 bits per heavy atom. The van der Waals surface area contributed by atoms with Gasteiger partial charge in [-0.05, 0) is 37.2 Å². The van der Waals surface area contributed by atoms with E-state index < -0.39 is 0 Å². The summed E-state index contributed by atoms with van der Waals surface area (Å²) in [6, 6.07) is 16.2. The second kappa shape index (κ2) is 6.07. The Morgan fingerprint density at radius 2 is 1.82 bits per heavy atom. The molecule has 0 aliphatic heterocycles. The predicted octanol–water partition coefficient (Wildman–Crippen LogP) is 4.11. The van der Waals surface area contributed by atoms with Gasteiger partial charge in [-0.25, -0.2) is 5.10 Å². The molecule has 0 saturated carbocycles. The molecule has 0 atom stereocenters. The minimum Gasteiger partial charge on any atom is -0.250 e. The van der Waals surface area contributed by atoms with E-state index in [1.165, 1.54) is 5.56 Å². The second-order valence-electron chi connectivity index (χ2n) is 5.13. The van der Waals surface area contributed by atoms with Gasteiger partial charge in [0.15, 0.2) is 5.82 Å². The number of aromatic amines is 1. The number of nitrogens with zero attached hydrogens (tertiary/aromatic N) is 3. The fourth-order valence-electron chi connectivity index (χ4n) is 2.14. The van der Waals surface area contributed by atoms with Gasteiger partial charge in [0.2, 0.25) is 4.77 Å². The van der Waals surface area contributed by atoms with Crippen LogP contribution in [0.2, 0.25) is 0 Å². The van der Waals surface area contributed by atoms with Gasteiger partial charge in [0, 0.05) is 5.56 Å². The molecule has 0 aliphatic rings. The molecular formula is C17H16N4S. The highest BCUT2D eigenvalue weighted by molar-refractivity contribution is 7.71. The van der Waals surface area contributed by atoms with Crippen LogP contribution in [0.3, 0.4) is 0 Å². The zero-order valence-electron chi connectivity index (χ0n) is 12.4. The molecular weight excluding hydrogens is 292 g/mol. The minimum absolute atomic E-state index is 0.473. The third kappa shape index (κ3) is 2.89. The first-order valence-corrected chi connectivity index (χ1v) is 7.40. The van der Waals surface area contributed by atoms with Crippen molar-refractivity contribution < 1.29 is 0 Å². The van der Waals surface area contributed by atoms with Crippen LogP contribution >= 0.6 is 12.2 Å². The van der Waals surface area contributed by atoms with Crippen LogP contribution in [0.25, 0.3) is 11.4 Å². The molecule has 0 spiro atoms. The van der Waals surface area contributed by atoms with Gasteiger partial charge in [0.1, 0.15) is 0 Å². The zero-order chi connectivity index (χ0) is 15.5. The van der Waals surface area contributed by atoms with E-state index in [4.69, 9.17) is 12.2 Å². The van der Waals surface area contributed by atoms with Crippen molar-refractivity contribution in [1.29, 1.82) is 0 Å². The zero-order valence-corrected chi connectivity index (χ0v) is 13.3. The molecule has 0 amide bonds. The normalized spacial score (nSPS) is 11.2. The number of H-pyrrole nitrogens is 1. The van der Waals surface area contributed by atoms with Crippen molar-refractivity contribution in [1.82, 2.24) is 14.9 Å². The molecule has 3 rings (SSSR count). The Labute approximate surface area is 134 Å². The van der Waals surface area contributed by atoms with Crippen LogP contribution in [0.5, 0.6) is 0 Å². The molecule has 0 fully saturated rings. The average molecular weight is 308 g/mol. The standard InChI is InChI=1S/C17H16N4S/c1-12-7-9-14(10-8-12)16-19-20-17(22)21(16)18-11-15-6-4-3-5-13(15)2/h3-11H,1-2H3,(H,20,22)/b18-11-. The highest BCUT2D eigenvalue weighted by Crippen LogP contribution is 2.17. The first-order chi connectivity index (χ1) is 10.6. The van der Waals surface area contributed by atoms with Gasteiger partial charge >= 0.3 is 0 Å². The minimum atomic E-state index is 0.473. The quantitative estimate of drug-likeness (QED) is 0.584. The van der Waals surface area contributed by atoms with Gasteiger partial charge < -0.3 is 0 Å². The summed E-state index contributed by atoms with van der Waals surface area (Å²) in [6.07, 6.45) is 1.80. The Kier molecular flexibility index (Phi) is 3.98. The largest absolute Gasteiger partial charge is 0.250 e. The highest BCUT2D eigenvalue weighted by atomic mass is 32.1. The van der Waals surface area contributed by atoms with Crippen LogP contribution in [0.15, 0.2) is 53.6 Å².